The number of hydrogen-bond acceptors (Lipinski definition) is 3. The first-order chi connectivity index (χ1) is 9.13. The van der Waals surface area contributed by atoms with Crippen LogP contribution in [-0.4, -0.2) is 19.7 Å². The Kier molecular flexibility index (Phi) is 4.00. The van der Waals surface area contributed by atoms with Crippen LogP contribution < -0.4 is 5.73 Å². The molecule has 1 saturated carbocycles. The fourth-order valence-corrected chi connectivity index (χ4v) is 5.16. The Morgan fingerprint density at radius 3 is 2.45 bits per heavy atom. The largest absolute Gasteiger partial charge is 0.327 e. The first kappa shape index (κ1) is 15.5. The van der Waals surface area contributed by atoms with Gasteiger partial charge in [0.1, 0.15) is 0 Å². The van der Waals surface area contributed by atoms with Crippen LogP contribution in [-0.2, 0) is 9.84 Å². The average molecular weight is 295 g/mol. The lowest BCUT2D eigenvalue weighted by Crippen LogP contribution is -2.47. The van der Waals surface area contributed by atoms with Crippen molar-refractivity contribution in [2.45, 2.75) is 63.1 Å². The fraction of sp³-hybridized carbons (Fsp3) is 0.625. The molecule has 4 heteroatoms. The van der Waals surface area contributed by atoms with Crippen molar-refractivity contribution in [1.29, 1.82) is 0 Å². The number of aryl methyl sites for hydroxylation is 2. The maximum atomic E-state index is 12.9. The van der Waals surface area contributed by atoms with Gasteiger partial charge in [0.15, 0.2) is 9.84 Å². The van der Waals surface area contributed by atoms with Crippen molar-refractivity contribution >= 4 is 9.84 Å². The summed E-state index contributed by atoms with van der Waals surface area (Å²) < 4.78 is 25.7. The standard InChI is InChI=1S/C16H25NO2S/c1-11-5-6-13(9-12(11)2)20(18,19)15-10-16(3,4)8-7-14(15)17/h5-6,9,14-15H,7-8,10,17H2,1-4H3. The maximum absolute atomic E-state index is 12.9. The maximum Gasteiger partial charge on any atom is 0.182 e. The summed E-state index contributed by atoms with van der Waals surface area (Å²) in [6, 6.07) is 5.11. The highest BCUT2D eigenvalue weighted by atomic mass is 32.2. The van der Waals surface area contributed by atoms with E-state index in [4.69, 9.17) is 5.73 Å². The Morgan fingerprint density at radius 1 is 1.20 bits per heavy atom. The molecule has 3 nitrogen and oxygen atoms in total. The molecular formula is C16H25NO2S. The molecule has 0 aromatic heterocycles. The van der Waals surface area contributed by atoms with Crippen LogP contribution in [0.3, 0.4) is 0 Å². The first-order valence-corrected chi connectivity index (χ1v) is 8.75. The molecule has 0 radical (unpaired) electrons. The summed E-state index contributed by atoms with van der Waals surface area (Å²) in [6.07, 6.45) is 2.41. The molecule has 0 saturated heterocycles. The second kappa shape index (κ2) is 5.15. The van der Waals surface area contributed by atoms with Gasteiger partial charge >= 0.3 is 0 Å². The van der Waals surface area contributed by atoms with Gasteiger partial charge in [-0.2, -0.15) is 0 Å². The van der Waals surface area contributed by atoms with Gasteiger partial charge in [0, 0.05) is 6.04 Å². The molecule has 0 amide bonds. The number of rotatable bonds is 2. The summed E-state index contributed by atoms with van der Waals surface area (Å²) in [5.74, 6) is 0. The molecule has 0 heterocycles. The third-order valence-corrected chi connectivity index (χ3v) is 6.82. The monoisotopic (exact) mass is 295 g/mol. The normalized spacial score (nSPS) is 26.4. The van der Waals surface area contributed by atoms with Crippen molar-refractivity contribution in [3.8, 4) is 0 Å². The Labute approximate surface area is 122 Å². The zero-order chi connectivity index (χ0) is 15.1. The predicted octanol–water partition coefficient (Wildman–Crippen LogP) is 2.98. The molecule has 20 heavy (non-hydrogen) atoms. The van der Waals surface area contributed by atoms with Crippen molar-refractivity contribution in [2.24, 2.45) is 11.1 Å². The molecule has 1 fully saturated rings. The molecule has 2 N–H and O–H groups in total. The van der Waals surface area contributed by atoms with Crippen LogP contribution in [0, 0.1) is 19.3 Å². The minimum absolute atomic E-state index is 0.0490. The van der Waals surface area contributed by atoms with Gasteiger partial charge in [0.2, 0.25) is 0 Å². The van der Waals surface area contributed by atoms with Crippen molar-refractivity contribution in [3.63, 3.8) is 0 Å². The number of hydrogen-bond donors (Lipinski definition) is 1. The van der Waals surface area contributed by atoms with Crippen LogP contribution in [0.15, 0.2) is 23.1 Å². The summed E-state index contributed by atoms with van der Waals surface area (Å²) in [6.45, 7) is 8.18. The highest BCUT2D eigenvalue weighted by Gasteiger charge is 2.41. The lowest BCUT2D eigenvalue weighted by molar-refractivity contribution is 0.227. The zero-order valence-corrected chi connectivity index (χ0v) is 13.6. The fourth-order valence-electron chi connectivity index (χ4n) is 2.95. The summed E-state index contributed by atoms with van der Waals surface area (Å²) in [7, 11) is -3.35. The second-order valence-corrected chi connectivity index (χ2v) is 9.07. The lowest BCUT2D eigenvalue weighted by Gasteiger charge is -2.38. The first-order valence-electron chi connectivity index (χ1n) is 7.20. The van der Waals surface area contributed by atoms with Crippen LogP contribution in [0.4, 0.5) is 0 Å². The van der Waals surface area contributed by atoms with Crippen LogP contribution in [0.25, 0.3) is 0 Å². The number of sulfone groups is 1. The molecule has 2 unspecified atom stereocenters. The molecule has 1 aromatic carbocycles. The van der Waals surface area contributed by atoms with Crippen molar-refractivity contribution in [2.75, 3.05) is 0 Å². The summed E-state index contributed by atoms with van der Waals surface area (Å²) in [4.78, 5) is 0.416. The third-order valence-electron chi connectivity index (χ3n) is 4.59. The Balaban J connectivity index is 2.40. The van der Waals surface area contributed by atoms with Crippen molar-refractivity contribution < 1.29 is 8.42 Å². The molecule has 0 aliphatic heterocycles. The molecule has 112 valence electrons. The van der Waals surface area contributed by atoms with Gasteiger partial charge in [-0.05, 0) is 61.8 Å². The molecule has 0 bridgehead atoms. The molecule has 2 atom stereocenters. The Morgan fingerprint density at radius 2 is 1.85 bits per heavy atom. The van der Waals surface area contributed by atoms with E-state index in [9.17, 15) is 8.42 Å². The van der Waals surface area contributed by atoms with Gasteiger partial charge in [0.05, 0.1) is 10.1 Å². The van der Waals surface area contributed by atoms with Gasteiger partial charge in [-0.15, -0.1) is 0 Å². The number of benzene rings is 1. The van der Waals surface area contributed by atoms with Gasteiger partial charge in [-0.25, -0.2) is 8.42 Å². The van der Waals surface area contributed by atoms with Crippen LogP contribution in [0.2, 0.25) is 0 Å². The average Bonchev–Trinajstić information content (AvgIpc) is 2.35. The topological polar surface area (TPSA) is 60.2 Å². The van der Waals surface area contributed by atoms with E-state index in [1.54, 1.807) is 12.1 Å². The molecule has 1 aliphatic carbocycles. The summed E-state index contributed by atoms with van der Waals surface area (Å²) >= 11 is 0. The summed E-state index contributed by atoms with van der Waals surface area (Å²) in [5, 5.41) is -0.464. The van der Waals surface area contributed by atoms with E-state index in [1.165, 1.54) is 0 Å². The van der Waals surface area contributed by atoms with Gasteiger partial charge < -0.3 is 5.73 Å². The van der Waals surface area contributed by atoms with Gasteiger partial charge in [0.25, 0.3) is 0 Å². The van der Waals surface area contributed by atoms with Crippen molar-refractivity contribution in [1.82, 2.24) is 0 Å². The van der Waals surface area contributed by atoms with Crippen LogP contribution >= 0.6 is 0 Å². The van der Waals surface area contributed by atoms with E-state index in [-0.39, 0.29) is 11.5 Å². The second-order valence-electron chi connectivity index (χ2n) is 6.90. The molecule has 1 aromatic rings. The molecule has 1 aliphatic rings. The van der Waals surface area contributed by atoms with E-state index in [0.29, 0.717) is 11.3 Å². The van der Waals surface area contributed by atoms with Gasteiger partial charge in [-0.3, -0.25) is 0 Å². The number of nitrogens with two attached hydrogens (primary N) is 1. The minimum Gasteiger partial charge on any atom is -0.327 e. The Bertz CT molecular complexity index is 605. The molecule has 0 spiro atoms. The Hall–Kier alpha value is -0.870. The highest BCUT2D eigenvalue weighted by molar-refractivity contribution is 7.92. The van der Waals surface area contributed by atoms with Gasteiger partial charge in [-0.1, -0.05) is 19.9 Å². The summed E-state index contributed by atoms with van der Waals surface area (Å²) in [5.41, 5.74) is 8.28. The van der Waals surface area contributed by atoms with E-state index in [0.717, 1.165) is 24.0 Å². The van der Waals surface area contributed by atoms with Crippen molar-refractivity contribution in [3.05, 3.63) is 29.3 Å². The zero-order valence-electron chi connectivity index (χ0n) is 12.8. The van der Waals surface area contributed by atoms with E-state index < -0.39 is 15.1 Å². The van der Waals surface area contributed by atoms with Crippen LogP contribution in [0.5, 0.6) is 0 Å². The molecule has 2 rings (SSSR count). The quantitative estimate of drug-likeness (QED) is 0.912. The van der Waals surface area contributed by atoms with E-state index in [2.05, 4.69) is 13.8 Å². The van der Waals surface area contributed by atoms with Crippen LogP contribution in [0.1, 0.15) is 44.2 Å². The third kappa shape index (κ3) is 2.91. The highest BCUT2D eigenvalue weighted by Crippen LogP contribution is 2.39. The predicted molar refractivity (Wildman–Crippen MR) is 82.5 cm³/mol. The van der Waals surface area contributed by atoms with E-state index >= 15 is 0 Å². The molecular weight excluding hydrogens is 270 g/mol. The lowest BCUT2D eigenvalue weighted by atomic mass is 9.75. The minimum atomic E-state index is -3.35. The smallest absolute Gasteiger partial charge is 0.182 e. The van der Waals surface area contributed by atoms with E-state index in [1.807, 2.05) is 19.9 Å². The SMILES string of the molecule is Cc1ccc(S(=O)(=O)C2CC(C)(C)CCC2N)cc1C.